The zero-order chi connectivity index (χ0) is 35.7. The van der Waals surface area contributed by atoms with Gasteiger partial charge in [-0.2, -0.15) is 10.2 Å². The number of aryl methyl sites for hydroxylation is 2. The van der Waals surface area contributed by atoms with Crippen LogP contribution in [0.5, 0.6) is 0 Å². The highest BCUT2D eigenvalue weighted by Crippen LogP contribution is 2.39. The van der Waals surface area contributed by atoms with Gasteiger partial charge in [0.05, 0.1) is 11.4 Å². The van der Waals surface area contributed by atoms with Crippen LogP contribution in [0.1, 0.15) is 78.0 Å². The Labute approximate surface area is 289 Å². The summed E-state index contributed by atoms with van der Waals surface area (Å²) < 4.78 is 6.59. The van der Waals surface area contributed by atoms with Crippen molar-refractivity contribution in [1.29, 1.82) is 0 Å². The Kier molecular flexibility index (Phi) is 9.77. The van der Waals surface area contributed by atoms with E-state index in [1.807, 2.05) is 154 Å². The van der Waals surface area contributed by atoms with E-state index in [4.69, 9.17) is 14.6 Å². The third kappa shape index (κ3) is 8.06. The molecule has 1 aromatic heterocycles. The summed E-state index contributed by atoms with van der Waals surface area (Å²) in [7, 11) is 0. The molecule has 7 nitrogen and oxygen atoms in total. The predicted octanol–water partition coefficient (Wildman–Crippen LogP) is 11.9. The number of nitrogens with zero attached hydrogens (tertiary/aromatic N) is 4. The van der Waals surface area contributed by atoms with Crippen LogP contribution in [-0.4, -0.2) is 11.6 Å². The van der Waals surface area contributed by atoms with Crippen LogP contribution >= 0.6 is 0 Å². The fourth-order valence-corrected chi connectivity index (χ4v) is 5.46. The number of hydrogen-bond donors (Lipinski definition) is 0. The van der Waals surface area contributed by atoms with E-state index in [1.165, 1.54) is 0 Å². The summed E-state index contributed by atoms with van der Waals surface area (Å²) >= 11 is 0. The monoisotopic (exact) mass is 652 g/mol. The number of furan rings is 1. The molecule has 5 rings (SSSR count). The van der Waals surface area contributed by atoms with E-state index < -0.39 is 0 Å². The Balaban J connectivity index is 1.73. The van der Waals surface area contributed by atoms with E-state index in [2.05, 4.69) is 10.2 Å². The lowest BCUT2D eigenvalue weighted by Crippen LogP contribution is -2.21. The van der Waals surface area contributed by atoms with Crippen molar-refractivity contribution in [2.24, 2.45) is 31.3 Å². The van der Waals surface area contributed by atoms with Crippen molar-refractivity contribution in [3.05, 3.63) is 141 Å². The van der Waals surface area contributed by atoms with Crippen LogP contribution < -0.4 is 0 Å². The van der Waals surface area contributed by atoms with Crippen LogP contribution in [0.2, 0.25) is 0 Å². The Bertz CT molecular complexity index is 1910. The second-order valence-corrected chi connectivity index (χ2v) is 14.8. The number of rotatable bonds is 6. The minimum absolute atomic E-state index is 0.00480. The molecule has 7 heteroatoms. The number of carbonyl (C=O) groups is 2. The SMILES string of the molecule is CC1=C/C(=C(\N=Nc2ccc(C)cc2)c2ccc(/C(N=Nc3ccc(C)cc3)=C3/C=C(C)C(=O)C(C(C)(C)C)=C3)o2)C=C(C(C)(C)C)C1=O. The number of hydrogen-bond acceptors (Lipinski definition) is 7. The van der Waals surface area contributed by atoms with E-state index in [0.717, 1.165) is 11.1 Å². The van der Waals surface area contributed by atoms with Gasteiger partial charge in [0, 0.05) is 22.3 Å². The van der Waals surface area contributed by atoms with Gasteiger partial charge in [-0.1, -0.05) is 76.9 Å². The second kappa shape index (κ2) is 13.7. The average Bonchev–Trinajstić information content (AvgIpc) is 3.50. The standard InChI is InChI=1S/C42H44N4O3/c1-25-11-15-31(16-12-25)43-45-37(29-21-27(3)39(47)33(23-29)41(5,6)7)35-19-20-36(49-35)38(46-44-32-17-13-26(2)14-18-32)30-22-28(4)40(48)34(24-30)42(8,9)10/h11-24H,1-10H3/b37-29+,38-30+,45-43?,46-44?. The average molecular weight is 653 g/mol. The topological polar surface area (TPSA) is 96.7 Å². The molecule has 0 N–H and O–H groups in total. The molecule has 2 aromatic carbocycles. The Morgan fingerprint density at radius 2 is 0.857 bits per heavy atom. The number of benzene rings is 2. The third-order valence-electron chi connectivity index (χ3n) is 8.38. The smallest absolute Gasteiger partial charge is 0.185 e. The lowest BCUT2D eigenvalue weighted by Gasteiger charge is -2.25. The zero-order valence-electron chi connectivity index (χ0n) is 30.1. The molecule has 49 heavy (non-hydrogen) atoms. The number of azo groups is 2. The van der Waals surface area contributed by atoms with Gasteiger partial charge >= 0.3 is 0 Å². The Morgan fingerprint density at radius 1 is 0.510 bits per heavy atom. The van der Waals surface area contributed by atoms with Gasteiger partial charge in [-0.15, -0.1) is 10.2 Å². The summed E-state index contributed by atoms with van der Waals surface area (Å²) in [5.74, 6) is 0.899. The molecule has 0 unspecified atom stereocenters. The van der Waals surface area contributed by atoms with Crippen molar-refractivity contribution >= 4 is 34.3 Å². The van der Waals surface area contributed by atoms with E-state index in [0.29, 0.717) is 67.7 Å². The quantitative estimate of drug-likeness (QED) is 0.248. The zero-order valence-corrected chi connectivity index (χ0v) is 30.1. The van der Waals surface area contributed by atoms with Gasteiger partial charge < -0.3 is 4.42 Å². The largest absolute Gasteiger partial charge is 0.453 e. The van der Waals surface area contributed by atoms with Crippen LogP contribution in [0.3, 0.4) is 0 Å². The summed E-state index contributed by atoms with van der Waals surface area (Å²) in [4.78, 5) is 26.4. The van der Waals surface area contributed by atoms with Crippen molar-refractivity contribution in [3.63, 3.8) is 0 Å². The van der Waals surface area contributed by atoms with Crippen LogP contribution in [0.25, 0.3) is 11.4 Å². The van der Waals surface area contributed by atoms with Crippen molar-refractivity contribution in [2.75, 3.05) is 0 Å². The molecule has 0 aliphatic heterocycles. The third-order valence-corrected chi connectivity index (χ3v) is 8.38. The maximum absolute atomic E-state index is 13.2. The van der Waals surface area contributed by atoms with Crippen molar-refractivity contribution in [1.82, 2.24) is 0 Å². The van der Waals surface area contributed by atoms with Gasteiger partial charge in [0.15, 0.2) is 23.1 Å². The van der Waals surface area contributed by atoms with Crippen molar-refractivity contribution < 1.29 is 14.0 Å². The van der Waals surface area contributed by atoms with E-state index in [-0.39, 0.29) is 22.4 Å². The first-order valence-corrected chi connectivity index (χ1v) is 16.5. The van der Waals surface area contributed by atoms with Crippen molar-refractivity contribution in [2.45, 2.75) is 69.2 Å². The summed E-state index contributed by atoms with van der Waals surface area (Å²) in [5, 5.41) is 18.6. The highest BCUT2D eigenvalue weighted by Gasteiger charge is 2.30. The summed E-state index contributed by atoms with van der Waals surface area (Å²) in [6.45, 7) is 19.8. The molecule has 0 atom stereocenters. The summed E-state index contributed by atoms with van der Waals surface area (Å²) in [6, 6.07) is 19.2. The van der Waals surface area contributed by atoms with Gasteiger partial charge in [-0.05, 0) is 110 Å². The first-order valence-electron chi connectivity index (χ1n) is 16.5. The molecule has 0 spiro atoms. The predicted molar refractivity (Wildman–Crippen MR) is 197 cm³/mol. The van der Waals surface area contributed by atoms with E-state index in [9.17, 15) is 9.59 Å². The van der Waals surface area contributed by atoms with Gasteiger partial charge in [0.2, 0.25) is 0 Å². The molecule has 3 aromatic rings. The minimum atomic E-state index is -0.390. The minimum Gasteiger partial charge on any atom is -0.453 e. The molecular weight excluding hydrogens is 608 g/mol. The molecule has 0 fully saturated rings. The lowest BCUT2D eigenvalue weighted by atomic mass is 9.78. The van der Waals surface area contributed by atoms with Crippen LogP contribution in [0.15, 0.2) is 143 Å². The molecule has 0 saturated heterocycles. The highest BCUT2D eigenvalue weighted by molar-refractivity contribution is 6.12. The number of allylic oxidation sites excluding steroid dienone is 10. The van der Waals surface area contributed by atoms with E-state index in [1.54, 1.807) is 0 Å². The second-order valence-electron chi connectivity index (χ2n) is 14.8. The first kappa shape index (κ1) is 35.0. The number of carbonyl (C=O) groups excluding carboxylic acids is 2. The normalized spacial score (nSPS) is 18.1. The van der Waals surface area contributed by atoms with Gasteiger partial charge in [0.25, 0.3) is 0 Å². The fraction of sp³-hybridized carbons (Fsp3) is 0.286. The summed E-state index contributed by atoms with van der Waals surface area (Å²) in [5.41, 5.74) is 7.77. The summed E-state index contributed by atoms with van der Waals surface area (Å²) in [6.07, 6.45) is 7.43. The highest BCUT2D eigenvalue weighted by atomic mass is 16.3. The molecule has 2 aliphatic carbocycles. The van der Waals surface area contributed by atoms with Gasteiger partial charge in [-0.3, -0.25) is 9.59 Å². The molecule has 1 heterocycles. The van der Waals surface area contributed by atoms with Crippen LogP contribution in [0.4, 0.5) is 11.4 Å². The van der Waals surface area contributed by atoms with Crippen LogP contribution in [-0.2, 0) is 9.59 Å². The Hall–Kier alpha value is -5.30. The van der Waals surface area contributed by atoms with Gasteiger partial charge in [-0.25, -0.2) is 0 Å². The number of ketones is 2. The molecule has 2 aliphatic rings. The van der Waals surface area contributed by atoms with Gasteiger partial charge in [0.1, 0.15) is 11.4 Å². The number of Topliss-reactive ketones (excluding diaryl/α,β-unsaturated/α-hetero) is 2. The fourth-order valence-electron chi connectivity index (χ4n) is 5.46. The molecule has 250 valence electrons. The molecule has 0 saturated carbocycles. The van der Waals surface area contributed by atoms with Crippen LogP contribution in [0, 0.1) is 24.7 Å². The lowest BCUT2D eigenvalue weighted by molar-refractivity contribution is -0.113. The molecule has 0 amide bonds. The maximum Gasteiger partial charge on any atom is 0.185 e. The molecular formula is C42H44N4O3. The Morgan fingerprint density at radius 3 is 1.18 bits per heavy atom. The van der Waals surface area contributed by atoms with E-state index >= 15 is 0 Å². The maximum atomic E-state index is 13.2. The van der Waals surface area contributed by atoms with Crippen molar-refractivity contribution in [3.8, 4) is 0 Å². The first-order chi connectivity index (χ1) is 23.0. The molecule has 0 radical (unpaired) electrons. The molecule has 0 bridgehead atoms.